The maximum Gasteiger partial charge on any atom is 0.410 e. The molecule has 0 atom stereocenters. The molecule has 0 aliphatic carbocycles. The molecule has 5 heteroatoms. The van der Waals surface area contributed by atoms with Crippen LogP contribution in [0.25, 0.3) is 0 Å². The molecule has 2 rings (SSSR count). The topological polar surface area (TPSA) is 55.8 Å². The maximum atomic E-state index is 11.8. The molecule has 1 heterocycles. The van der Waals surface area contributed by atoms with E-state index in [1.807, 2.05) is 24.3 Å². The number of Topliss-reactive ketones (excluding diaryl/α,β-unsaturated/α-hetero) is 1. The summed E-state index contributed by atoms with van der Waals surface area (Å²) in [6, 6.07) is 7.38. The highest BCUT2D eigenvalue weighted by atomic mass is 16.6. The molecule has 1 amide bonds. The van der Waals surface area contributed by atoms with Crippen LogP contribution in [0.1, 0.15) is 18.4 Å². The predicted octanol–water partition coefficient (Wildman–Crippen LogP) is 2.00. The Balaban J connectivity index is 1.84. The van der Waals surface area contributed by atoms with Crippen LogP contribution in [0.15, 0.2) is 24.3 Å². The Kier molecular flexibility index (Phi) is 4.39. The van der Waals surface area contributed by atoms with E-state index < -0.39 is 0 Å². The van der Waals surface area contributed by atoms with E-state index in [0.29, 0.717) is 25.9 Å². The third kappa shape index (κ3) is 3.71. The Bertz CT molecular complexity index is 462. The summed E-state index contributed by atoms with van der Waals surface area (Å²) in [5.74, 6) is 0.939. The Labute approximate surface area is 112 Å². The minimum absolute atomic E-state index is 0.205. The molecule has 0 N–H and O–H groups in total. The lowest BCUT2D eigenvalue weighted by atomic mass is 10.1. The molecule has 0 saturated carbocycles. The van der Waals surface area contributed by atoms with Crippen LogP contribution in [0.2, 0.25) is 0 Å². The zero-order valence-electron chi connectivity index (χ0n) is 10.9. The van der Waals surface area contributed by atoms with Crippen LogP contribution in [0, 0.1) is 0 Å². The van der Waals surface area contributed by atoms with Crippen LogP contribution >= 0.6 is 0 Å². The lowest BCUT2D eigenvalue weighted by molar-refractivity contribution is -0.121. The SMILES string of the molecule is COc1cccc(COC(=O)N2CCC(=O)CC2)c1. The molecule has 1 fully saturated rings. The molecule has 1 aliphatic heterocycles. The van der Waals surface area contributed by atoms with Gasteiger partial charge in [0, 0.05) is 25.9 Å². The number of piperidine rings is 1. The number of nitrogens with zero attached hydrogens (tertiary/aromatic N) is 1. The van der Waals surface area contributed by atoms with Crippen molar-refractivity contribution in [2.75, 3.05) is 20.2 Å². The average Bonchev–Trinajstić information content (AvgIpc) is 2.46. The molecule has 1 aliphatic rings. The van der Waals surface area contributed by atoms with Crippen molar-refractivity contribution in [1.82, 2.24) is 4.90 Å². The van der Waals surface area contributed by atoms with E-state index in [1.54, 1.807) is 12.0 Å². The molecule has 19 heavy (non-hydrogen) atoms. The molecule has 102 valence electrons. The van der Waals surface area contributed by atoms with Gasteiger partial charge in [0.05, 0.1) is 7.11 Å². The number of ether oxygens (including phenoxy) is 2. The van der Waals surface area contributed by atoms with Crippen molar-refractivity contribution in [2.45, 2.75) is 19.4 Å². The van der Waals surface area contributed by atoms with Crippen LogP contribution in [-0.2, 0) is 16.1 Å². The van der Waals surface area contributed by atoms with E-state index in [-0.39, 0.29) is 18.5 Å². The van der Waals surface area contributed by atoms with Gasteiger partial charge < -0.3 is 14.4 Å². The van der Waals surface area contributed by atoms with Gasteiger partial charge in [-0.25, -0.2) is 4.79 Å². The minimum Gasteiger partial charge on any atom is -0.497 e. The fourth-order valence-electron chi connectivity index (χ4n) is 1.94. The van der Waals surface area contributed by atoms with Crippen LogP contribution < -0.4 is 4.74 Å². The van der Waals surface area contributed by atoms with Crippen LogP contribution in [0.3, 0.4) is 0 Å². The van der Waals surface area contributed by atoms with E-state index in [2.05, 4.69) is 0 Å². The van der Waals surface area contributed by atoms with E-state index in [9.17, 15) is 9.59 Å². The van der Waals surface area contributed by atoms with Crippen LogP contribution in [0.4, 0.5) is 4.79 Å². The van der Waals surface area contributed by atoms with Crippen molar-refractivity contribution in [3.8, 4) is 5.75 Å². The number of amides is 1. The number of hydrogen-bond acceptors (Lipinski definition) is 4. The number of likely N-dealkylation sites (tertiary alicyclic amines) is 1. The largest absolute Gasteiger partial charge is 0.497 e. The second kappa shape index (κ2) is 6.22. The normalized spacial score (nSPS) is 15.2. The summed E-state index contributed by atoms with van der Waals surface area (Å²) >= 11 is 0. The molecule has 0 spiro atoms. The highest BCUT2D eigenvalue weighted by molar-refractivity contribution is 5.81. The quantitative estimate of drug-likeness (QED) is 0.837. The first-order valence-corrected chi connectivity index (χ1v) is 6.25. The molecule has 0 radical (unpaired) electrons. The van der Waals surface area contributed by atoms with Crippen molar-refractivity contribution < 1.29 is 19.1 Å². The van der Waals surface area contributed by atoms with Gasteiger partial charge in [-0.3, -0.25) is 4.79 Å². The molecule has 5 nitrogen and oxygen atoms in total. The summed E-state index contributed by atoms with van der Waals surface area (Å²) in [5.41, 5.74) is 0.876. The van der Waals surface area contributed by atoms with Crippen molar-refractivity contribution in [3.63, 3.8) is 0 Å². The van der Waals surface area contributed by atoms with Gasteiger partial charge in [0.1, 0.15) is 18.1 Å². The zero-order valence-corrected chi connectivity index (χ0v) is 10.9. The summed E-state index contributed by atoms with van der Waals surface area (Å²) in [6.07, 6.45) is 0.484. The second-order valence-electron chi connectivity index (χ2n) is 4.43. The first kappa shape index (κ1) is 13.4. The lowest BCUT2D eigenvalue weighted by Gasteiger charge is -2.25. The number of ketones is 1. The third-order valence-electron chi connectivity index (χ3n) is 3.08. The Hall–Kier alpha value is -2.04. The fourth-order valence-corrected chi connectivity index (χ4v) is 1.94. The van der Waals surface area contributed by atoms with Gasteiger partial charge in [0.25, 0.3) is 0 Å². The Morgan fingerprint density at radius 1 is 1.32 bits per heavy atom. The van der Waals surface area contributed by atoms with Crippen molar-refractivity contribution in [3.05, 3.63) is 29.8 Å². The molecule has 1 aromatic carbocycles. The number of benzene rings is 1. The van der Waals surface area contributed by atoms with Gasteiger partial charge in [0.15, 0.2) is 0 Å². The van der Waals surface area contributed by atoms with Gasteiger partial charge in [-0.2, -0.15) is 0 Å². The molecule has 0 aromatic heterocycles. The molecule has 1 aromatic rings. The van der Waals surface area contributed by atoms with Gasteiger partial charge in [-0.15, -0.1) is 0 Å². The first-order chi connectivity index (χ1) is 9.19. The zero-order chi connectivity index (χ0) is 13.7. The van der Waals surface area contributed by atoms with Gasteiger partial charge >= 0.3 is 6.09 Å². The van der Waals surface area contributed by atoms with Gasteiger partial charge in [-0.1, -0.05) is 12.1 Å². The van der Waals surface area contributed by atoms with E-state index in [1.165, 1.54) is 0 Å². The summed E-state index contributed by atoms with van der Waals surface area (Å²) in [7, 11) is 1.59. The van der Waals surface area contributed by atoms with Gasteiger partial charge in [0.2, 0.25) is 0 Å². The summed E-state index contributed by atoms with van der Waals surface area (Å²) in [6.45, 7) is 1.12. The molecular formula is C14H17NO4. The summed E-state index contributed by atoms with van der Waals surface area (Å²) in [5, 5.41) is 0. The highest BCUT2D eigenvalue weighted by Gasteiger charge is 2.21. The monoisotopic (exact) mass is 263 g/mol. The van der Waals surface area contributed by atoms with Crippen LogP contribution in [0.5, 0.6) is 5.75 Å². The van der Waals surface area contributed by atoms with E-state index in [0.717, 1.165) is 11.3 Å². The first-order valence-electron chi connectivity index (χ1n) is 6.25. The standard InChI is InChI=1S/C14H17NO4/c1-18-13-4-2-3-11(9-13)10-19-14(17)15-7-5-12(16)6-8-15/h2-4,9H,5-8,10H2,1H3. The third-order valence-corrected chi connectivity index (χ3v) is 3.08. The number of methoxy groups -OCH3 is 1. The average molecular weight is 263 g/mol. The molecule has 0 bridgehead atoms. The number of carbonyl (C=O) groups is 2. The maximum absolute atomic E-state index is 11.8. The smallest absolute Gasteiger partial charge is 0.410 e. The predicted molar refractivity (Wildman–Crippen MR) is 69.0 cm³/mol. The summed E-state index contributed by atoms with van der Waals surface area (Å²) in [4.78, 5) is 24.5. The fraction of sp³-hybridized carbons (Fsp3) is 0.429. The van der Waals surface area contributed by atoms with Crippen molar-refractivity contribution in [1.29, 1.82) is 0 Å². The molecule has 0 unspecified atom stereocenters. The lowest BCUT2D eigenvalue weighted by Crippen LogP contribution is -2.38. The summed E-state index contributed by atoms with van der Waals surface area (Å²) < 4.78 is 10.3. The highest BCUT2D eigenvalue weighted by Crippen LogP contribution is 2.14. The Morgan fingerprint density at radius 2 is 2.05 bits per heavy atom. The molecule has 1 saturated heterocycles. The van der Waals surface area contributed by atoms with Crippen molar-refractivity contribution in [2.24, 2.45) is 0 Å². The minimum atomic E-state index is -0.365. The second-order valence-corrected chi connectivity index (χ2v) is 4.43. The van der Waals surface area contributed by atoms with Crippen LogP contribution in [-0.4, -0.2) is 37.0 Å². The Morgan fingerprint density at radius 3 is 2.74 bits per heavy atom. The van der Waals surface area contributed by atoms with Crippen molar-refractivity contribution >= 4 is 11.9 Å². The van der Waals surface area contributed by atoms with E-state index >= 15 is 0 Å². The number of hydrogen-bond donors (Lipinski definition) is 0. The number of carbonyl (C=O) groups excluding carboxylic acids is 2. The van der Waals surface area contributed by atoms with Gasteiger partial charge in [-0.05, 0) is 17.7 Å². The molecular weight excluding hydrogens is 246 g/mol. The van der Waals surface area contributed by atoms with E-state index in [4.69, 9.17) is 9.47 Å². The number of rotatable bonds is 3.